The summed E-state index contributed by atoms with van der Waals surface area (Å²) in [5.74, 6) is 1.38. The van der Waals surface area contributed by atoms with Gasteiger partial charge in [0.2, 0.25) is 5.90 Å². The fourth-order valence-corrected chi connectivity index (χ4v) is 10.2. The van der Waals surface area contributed by atoms with Gasteiger partial charge in [0.25, 0.3) is 0 Å². The van der Waals surface area contributed by atoms with Crippen molar-refractivity contribution in [2.75, 3.05) is 12.8 Å². The van der Waals surface area contributed by atoms with Gasteiger partial charge in [0.1, 0.15) is 6.61 Å². The van der Waals surface area contributed by atoms with E-state index >= 15 is 0 Å². The van der Waals surface area contributed by atoms with Crippen molar-refractivity contribution in [3.05, 3.63) is 107 Å². The van der Waals surface area contributed by atoms with Crippen LogP contribution in [0.3, 0.4) is 0 Å². The van der Waals surface area contributed by atoms with Gasteiger partial charge in [-0.3, -0.25) is 0 Å². The Labute approximate surface area is 220 Å². The zero-order chi connectivity index (χ0) is 25.3. The molecule has 2 bridgehead atoms. The molecule has 4 aromatic rings. The molecule has 1 unspecified atom stereocenters. The molecule has 3 aliphatic rings. The van der Waals surface area contributed by atoms with E-state index in [4.69, 9.17) is 9.73 Å². The molecule has 4 aromatic carbocycles. The molecule has 0 fully saturated rings. The summed E-state index contributed by atoms with van der Waals surface area (Å²) < 4.78 is 6.41. The fourth-order valence-electron chi connectivity index (χ4n) is 6.50. The van der Waals surface area contributed by atoms with Crippen LogP contribution in [0.25, 0.3) is 32.4 Å². The zero-order valence-electron chi connectivity index (χ0n) is 22.0. The van der Waals surface area contributed by atoms with Gasteiger partial charge in [-0.1, -0.05) is 99.1 Å². The van der Waals surface area contributed by atoms with Crippen molar-refractivity contribution in [3.63, 3.8) is 0 Å². The summed E-state index contributed by atoms with van der Waals surface area (Å²) in [6, 6.07) is 31.5. The highest BCUT2D eigenvalue weighted by molar-refractivity contribution is 7.75. The van der Waals surface area contributed by atoms with E-state index in [9.17, 15) is 0 Å². The predicted octanol–water partition coefficient (Wildman–Crippen LogP) is 9.10. The van der Waals surface area contributed by atoms with Crippen molar-refractivity contribution in [1.82, 2.24) is 0 Å². The normalized spacial score (nSPS) is 25.1. The monoisotopic (exact) mass is 501 g/mol. The third kappa shape index (κ3) is 3.39. The zero-order valence-corrected chi connectivity index (χ0v) is 22.8. The number of fused-ring (bicyclic) bond motifs is 4. The first kappa shape index (κ1) is 22.9. The summed E-state index contributed by atoms with van der Waals surface area (Å²) in [4.78, 5) is 5.18. The Morgan fingerprint density at radius 1 is 0.865 bits per heavy atom. The number of allylic oxidation sites excluding steroid dienone is 2. The summed E-state index contributed by atoms with van der Waals surface area (Å²) in [7, 11) is -0.585. The van der Waals surface area contributed by atoms with Crippen LogP contribution >= 0.6 is 7.92 Å². The lowest BCUT2D eigenvalue weighted by atomic mass is 9.74. The Kier molecular flexibility index (Phi) is 5.21. The average Bonchev–Trinajstić information content (AvgIpc) is 3.58. The van der Waals surface area contributed by atoms with Gasteiger partial charge in [0.15, 0.2) is 0 Å². The van der Waals surface area contributed by atoms with Gasteiger partial charge in [-0.25, -0.2) is 4.99 Å². The third-order valence-electron chi connectivity index (χ3n) is 8.70. The van der Waals surface area contributed by atoms with E-state index in [1.807, 2.05) is 0 Å². The molecule has 0 amide bonds. The van der Waals surface area contributed by atoms with E-state index in [2.05, 4.69) is 113 Å². The molecule has 0 aromatic heterocycles. The first-order valence-electron chi connectivity index (χ1n) is 13.4. The van der Waals surface area contributed by atoms with Crippen molar-refractivity contribution < 1.29 is 4.74 Å². The predicted molar refractivity (Wildman–Crippen MR) is 159 cm³/mol. The number of hydrogen-bond acceptors (Lipinski definition) is 2. The Bertz CT molecular complexity index is 1660. The molecule has 37 heavy (non-hydrogen) atoms. The van der Waals surface area contributed by atoms with Crippen molar-refractivity contribution in [3.8, 4) is 0 Å². The number of ether oxygens (including phenoxy) is 1. The molecule has 184 valence electrons. The molecule has 0 N–H and O–H groups in total. The molecule has 0 aliphatic carbocycles. The van der Waals surface area contributed by atoms with Gasteiger partial charge in [0.05, 0.1) is 6.04 Å². The molecule has 7 rings (SSSR count). The van der Waals surface area contributed by atoms with Gasteiger partial charge in [-0.2, -0.15) is 0 Å². The lowest BCUT2D eigenvalue weighted by molar-refractivity contribution is 0.292. The highest BCUT2D eigenvalue weighted by atomic mass is 31.1. The minimum absolute atomic E-state index is 0.0153. The molecule has 0 radical (unpaired) electrons. The van der Waals surface area contributed by atoms with Crippen LogP contribution < -0.4 is 0 Å². The standard InChI is InChI=1S/C34H32NOP/c1-21(2)29-19-36-33(35-29)32-30(23-11-6-5-7-12-23)34(4)20-37(32)31(22(34)3)27-16-10-15-26-17-24-13-8-9-14-25(24)18-28(26)27/h5-18,21,29H,19-20H2,1-4H3/t29-,34+,37?/m1/s1. The van der Waals surface area contributed by atoms with Crippen LogP contribution in [0.4, 0.5) is 0 Å². The van der Waals surface area contributed by atoms with Crippen molar-refractivity contribution >= 4 is 46.3 Å². The molecule has 0 saturated heterocycles. The van der Waals surface area contributed by atoms with E-state index in [1.165, 1.54) is 54.4 Å². The molecular formula is C34H32NOP. The van der Waals surface area contributed by atoms with Crippen molar-refractivity contribution in [2.45, 2.75) is 33.7 Å². The van der Waals surface area contributed by atoms with Gasteiger partial charge in [-0.05, 0) is 82.6 Å². The smallest absolute Gasteiger partial charge is 0.217 e. The van der Waals surface area contributed by atoms with Crippen LogP contribution in [0.5, 0.6) is 0 Å². The largest absolute Gasteiger partial charge is 0.475 e. The van der Waals surface area contributed by atoms with Crippen LogP contribution in [-0.4, -0.2) is 24.7 Å². The van der Waals surface area contributed by atoms with E-state index in [1.54, 1.807) is 0 Å². The van der Waals surface area contributed by atoms with Crippen LogP contribution in [-0.2, 0) is 4.74 Å². The Balaban J connectivity index is 1.46. The summed E-state index contributed by atoms with van der Waals surface area (Å²) in [5, 5.41) is 8.17. The van der Waals surface area contributed by atoms with Crippen LogP contribution in [0.15, 0.2) is 101 Å². The number of aliphatic imine (C=N–C) groups is 1. The molecular weight excluding hydrogens is 469 g/mol. The van der Waals surface area contributed by atoms with E-state index < -0.39 is 7.92 Å². The van der Waals surface area contributed by atoms with Crippen molar-refractivity contribution in [1.29, 1.82) is 0 Å². The average molecular weight is 502 g/mol. The summed E-state index contributed by atoms with van der Waals surface area (Å²) in [6.07, 6.45) is 1.14. The maximum atomic E-state index is 6.41. The molecule has 3 aliphatic heterocycles. The van der Waals surface area contributed by atoms with Gasteiger partial charge in [0, 0.05) is 10.7 Å². The summed E-state index contributed by atoms with van der Waals surface area (Å²) in [5.41, 5.74) is 5.64. The Morgan fingerprint density at radius 3 is 2.30 bits per heavy atom. The Hall–Kier alpha value is -3.22. The third-order valence-corrected chi connectivity index (χ3v) is 11.7. The van der Waals surface area contributed by atoms with E-state index in [-0.39, 0.29) is 11.5 Å². The first-order chi connectivity index (χ1) is 18.0. The minimum Gasteiger partial charge on any atom is -0.475 e. The number of nitrogens with zero attached hydrogens (tertiary/aromatic N) is 1. The summed E-state index contributed by atoms with van der Waals surface area (Å²) >= 11 is 0. The number of rotatable bonds is 4. The number of benzene rings is 4. The maximum absolute atomic E-state index is 6.41. The lowest BCUT2D eigenvalue weighted by Gasteiger charge is -2.31. The van der Waals surface area contributed by atoms with Crippen LogP contribution in [0.2, 0.25) is 0 Å². The summed E-state index contributed by atoms with van der Waals surface area (Å²) in [6.45, 7) is 10.0. The first-order valence-corrected chi connectivity index (χ1v) is 14.9. The molecule has 2 nitrogen and oxygen atoms in total. The Morgan fingerprint density at radius 2 is 1.57 bits per heavy atom. The maximum Gasteiger partial charge on any atom is 0.217 e. The molecule has 3 heteroatoms. The highest BCUT2D eigenvalue weighted by Gasteiger charge is 2.54. The molecule has 3 heterocycles. The molecule has 0 spiro atoms. The van der Waals surface area contributed by atoms with E-state index in [0.29, 0.717) is 12.5 Å². The van der Waals surface area contributed by atoms with Crippen molar-refractivity contribution in [2.24, 2.45) is 16.3 Å². The second-order valence-electron chi connectivity index (χ2n) is 11.3. The fraction of sp³-hybridized carbons (Fsp3) is 0.265. The number of hydrogen-bond donors (Lipinski definition) is 0. The van der Waals surface area contributed by atoms with Crippen LogP contribution in [0.1, 0.15) is 38.8 Å². The lowest BCUT2D eigenvalue weighted by Crippen LogP contribution is -2.20. The van der Waals surface area contributed by atoms with Gasteiger partial charge >= 0.3 is 0 Å². The minimum atomic E-state index is -0.585. The molecule has 3 atom stereocenters. The molecule has 0 saturated carbocycles. The quantitative estimate of drug-likeness (QED) is 0.202. The SMILES string of the molecule is CC1=C(c2cccc3cc4ccccc4cc23)P2C[C@]1(C)C(c1ccccc1)=C2C1=N[C@@H](C(C)C)CO1. The van der Waals surface area contributed by atoms with Gasteiger partial charge in [-0.15, -0.1) is 0 Å². The van der Waals surface area contributed by atoms with E-state index in [0.717, 1.165) is 12.1 Å². The second-order valence-corrected chi connectivity index (χ2v) is 13.3. The topological polar surface area (TPSA) is 21.6 Å². The second kappa shape index (κ2) is 8.40. The van der Waals surface area contributed by atoms with Gasteiger partial charge < -0.3 is 4.74 Å². The van der Waals surface area contributed by atoms with Crippen LogP contribution in [0, 0.1) is 11.3 Å². The highest BCUT2D eigenvalue weighted by Crippen LogP contribution is 2.78.